The number of nitrogens with zero attached hydrogens (tertiary/aromatic N) is 1. The number of carbonyl (C=O) groups is 1. The van der Waals surface area contributed by atoms with Gasteiger partial charge in [0.2, 0.25) is 0 Å². The predicted molar refractivity (Wildman–Crippen MR) is 80.7 cm³/mol. The van der Waals surface area contributed by atoms with Crippen LogP contribution in [-0.4, -0.2) is 19.7 Å². The van der Waals surface area contributed by atoms with Crippen LogP contribution in [-0.2, 0) is 9.53 Å². The van der Waals surface area contributed by atoms with Gasteiger partial charge < -0.3 is 9.47 Å². The van der Waals surface area contributed by atoms with Crippen LogP contribution < -0.4 is 4.74 Å². The van der Waals surface area contributed by atoms with E-state index in [0.717, 1.165) is 10.8 Å². The summed E-state index contributed by atoms with van der Waals surface area (Å²) in [6.45, 7) is 2.38. The molecule has 2 rings (SSSR count). The van der Waals surface area contributed by atoms with Gasteiger partial charge in [-0.15, -0.1) is 0 Å². The first-order valence-corrected chi connectivity index (χ1v) is 6.56. The molecule has 0 aromatic heterocycles. The molecule has 0 saturated carbocycles. The predicted octanol–water partition coefficient (Wildman–Crippen LogP) is 3.32. The average Bonchev–Trinajstić information content (AvgIpc) is 2.53. The summed E-state index contributed by atoms with van der Waals surface area (Å²) in [5, 5.41) is 11.0. The second-order valence-electron chi connectivity index (χ2n) is 4.29. The Morgan fingerprint density at radius 2 is 2.05 bits per heavy atom. The normalized spacial score (nSPS) is 11.0. The minimum Gasteiger partial charge on any atom is -0.493 e. The molecule has 0 fully saturated rings. The Balaban J connectivity index is 2.69. The van der Waals surface area contributed by atoms with E-state index in [0.29, 0.717) is 17.9 Å². The Bertz CT molecular complexity index is 741. The van der Waals surface area contributed by atoms with Crippen molar-refractivity contribution >= 4 is 22.8 Å². The third kappa shape index (κ3) is 3.03. The smallest absolute Gasteiger partial charge is 0.348 e. The van der Waals surface area contributed by atoms with Crippen molar-refractivity contribution in [3.05, 3.63) is 47.5 Å². The van der Waals surface area contributed by atoms with Gasteiger partial charge in [-0.05, 0) is 29.8 Å². The third-order valence-corrected chi connectivity index (χ3v) is 3.04. The molecule has 2 aromatic rings. The number of fused-ring (bicyclic) bond motifs is 1. The first-order valence-electron chi connectivity index (χ1n) is 6.56. The fourth-order valence-electron chi connectivity index (χ4n) is 2.10. The number of nitriles is 1. The van der Waals surface area contributed by atoms with Gasteiger partial charge in [0.15, 0.2) is 0 Å². The summed E-state index contributed by atoms with van der Waals surface area (Å²) in [5.74, 6) is -0.0271. The highest BCUT2D eigenvalue weighted by atomic mass is 16.5. The molecule has 0 amide bonds. The highest BCUT2D eigenvalue weighted by Crippen LogP contribution is 2.30. The molecule has 0 unspecified atom stereocenters. The van der Waals surface area contributed by atoms with Crippen LogP contribution in [0.5, 0.6) is 5.75 Å². The first kappa shape index (κ1) is 14.6. The van der Waals surface area contributed by atoms with E-state index < -0.39 is 5.97 Å². The largest absolute Gasteiger partial charge is 0.493 e. The molecular formula is C17H15NO3. The fourth-order valence-corrected chi connectivity index (χ4v) is 2.10. The molecule has 0 N–H and O–H groups in total. The van der Waals surface area contributed by atoms with Crippen molar-refractivity contribution in [2.45, 2.75) is 6.92 Å². The average molecular weight is 281 g/mol. The summed E-state index contributed by atoms with van der Waals surface area (Å²) < 4.78 is 10.2. The van der Waals surface area contributed by atoms with E-state index in [4.69, 9.17) is 10.00 Å². The molecule has 4 heteroatoms. The second kappa shape index (κ2) is 6.58. The lowest BCUT2D eigenvalue weighted by Gasteiger charge is -2.11. The van der Waals surface area contributed by atoms with Gasteiger partial charge in [-0.2, -0.15) is 5.26 Å². The second-order valence-corrected chi connectivity index (χ2v) is 4.29. The number of hydrogen-bond donors (Lipinski definition) is 0. The van der Waals surface area contributed by atoms with Crippen molar-refractivity contribution < 1.29 is 14.3 Å². The van der Waals surface area contributed by atoms with Crippen molar-refractivity contribution in [3.8, 4) is 11.8 Å². The highest BCUT2D eigenvalue weighted by molar-refractivity contribution is 6.02. The molecule has 0 spiro atoms. The summed E-state index contributed by atoms with van der Waals surface area (Å²) in [6, 6.07) is 13.4. The first-order chi connectivity index (χ1) is 10.2. The van der Waals surface area contributed by atoms with Gasteiger partial charge >= 0.3 is 5.97 Å². The van der Waals surface area contributed by atoms with Crippen molar-refractivity contribution in [1.82, 2.24) is 0 Å². The van der Waals surface area contributed by atoms with Gasteiger partial charge in [0.05, 0.1) is 13.7 Å². The monoisotopic (exact) mass is 281 g/mol. The minimum atomic E-state index is -0.659. The zero-order valence-corrected chi connectivity index (χ0v) is 11.9. The minimum absolute atomic E-state index is 0.0604. The lowest BCUT2D eigenvalue weighted by molar-refractivity contribution is -0.135. The quantitative estimate of drug-likeness (QED) is 0.490. The fraction of sp³-hybridized carbons (Fsp3) is 0.176. The summed E-state index contributed by atoms with van der Waals surface area (Å²) >= 11 is 0. The van der Waals surface area contributed by atoms with Crippen LogP contribution in [0.3, 0.4) is 0 Å². The molecule has 0 aliphatic rings. The molecule has 0 heterocycles. The van der Waals surface area contributed by atoms with E-state index >= 15 is 0 Å². The van der Waals surface area contributed by atoms with Gasteiger partial charge in [-0.1, -0.05) is 30.3 Å². The lowest BCUT2D eigenvalue weighted by atomic mass is 10.0. The van der Waals surface area contributed by atoms with Crippen LogP contribution >= 0.6 is 0 Å². The zero-order valence-electron chi connectivity index (χ0n) is 11.9. The number of benzene rings is 2. The molecule has 0 bridgehead atoms. The topological polar surface area (TPSA) is 59.3 Å². The Kier molecular flexibility index (Phi) is 4.57. The van der Waals surface area contributed by atoms with E-state index in [1.54, 1.807) is 0 Å². The van der Waals surface area contributed by atoms with Crippen molar-refractivity contribution in [2.24, 2.45) is 0 Å². The molecule has 0 saturated heterocycles. The number of hydrogen-bond acceptors (Lipinski definition) is 4. The Labute approximate surface area is 123 Å². The number of rotatable bonds is 4. The van der Waals surface area contributed by atoms with Crippen LogP contribution in [0, 0.1) is 11.3 Å². The van der Waals surface area contributed by atoms with E-state index in [9.17, 15) is 4.79 Å². The number of ether oxygens (including phenoxy) is 2. The summed E-state index contributed by atoms with van der Waals surface area (Å²) in [7, 11) is 1.25. The third-order valence-electron chi connectivity index (χ3n) is 3.04. The molecule has 2 aromatic carbocycles. The summed E-state index contributed by atoms with van der Waals surface area (Å²) in [5.41, 5.74) is 0.645. The molecular weight excluding hydrogens is 266 g/mol. The number of methoxy groups -OCH3 is 1. The molecule has 0 aliphatic carbocycles. The number of esters is 1. The standard InChI is InChI=1S/C17H15NO3/c1-3-21-16-9-8-12-6-4-5-7-14(12)15(16)10-13(11-18)17(19)20-2/h4-10H,3H2,1-2H3/b13-10+. The molecule has 0 radical (unpaired) electrons. The van der Waals surface area contributed by atoms with Crippen LogP contribution in [0.4, 0.5) is 0 Å². The van der Waals surface area contributed by atoms with Crippen molar-refractivity contribution in [1.29, 1.82) is 5.26 Å². The SMILES string of the molecule is CCOc1ccc2ccccc2c1/C=C(\C#N)C(=O)OC. The molecule has 21 heavy (non-hydrogen) atoms. The van der Waals surface area contributed by atoms with Gasteiger partial charge in [0.1, 0.15) is 17.4 Å². The van der Waals surface area contributed by atoms with Gasteiger partial charge in [-0.25, -0.2) is 4.79 Å². The molecule has 106 valence electrons. The zero-order chi connectivity index (χ0) is 15.2. The molecule has 4 nitrogen and oxygen atoms in total. The van der Waals surface area contributed by atoms with Crippen molar-refractivity contribution in [3.63, 3.8) is 0 Å². The molecule has 0 aliphatic heterocycles. The van der Waals surface area contributed by atoms with E-state index in [1.807, 2.05) is 49.4 Å². The van der Waals surface area contributed by atoms with Gasteiger partial charge in [0, 0.05) is 5.56 Å². The number of carbonyl (C=O) groups excluding carboxylic acids is 1. The maximum atomic E-state index is 11.6. The highest BCUT2D eigenvalue weighted by Gasteiger charge is 2.13. The summed E-state index contributed by atoms with van der Waals surface area (Å²) in [4.78, 5) is 11.6. The van der Waals surface area contributed by atoms with E-state index in [1.165, 1.54) is 13.2 Å². The Morgan fingerprint density at radius 1 is 1.29 bits per heavy atom. The molecule has 0 atom stereocenters. The maximum absolute atomic E-state index is 11.6. The van der Waals surface area contributed by atoms with E-state index in [2.05, 4.69) is 4.74 Å². The summed E-state index contributed by atoms with van der Waals surface area (Å²) in [6.07, 6.45) is 1.51. The van der Waals surface area contributed by atoms with Gasteiger partial charge in [0.25, 0.3) is 0 Å². The maximum Gasteiger partial charge on any atom is 0.348 e. The lowest BCUT2D eigenvalue weighted by Crippen LogP contribution is -2.03. The van der Waals surface area contributed by atoms with E-state index in [-0.39, 0.29) is 5.57 Å². The Morgan fingerprint density at radius 3 is 2.71 bits per heavy atom. The van der Waals surface area contributed by atoms with Crippen LogP contribution in [0.25, 0.3) is 16.8 Å². The van der Waals surface area contributed by atoms with Crippen molar-refractivity contribution in [2.75, 3.05) is 13.7 Å². The van der Waals surface area contributed by atoms with Crippen LogP contribution in [0.2, 0.25) is 0 Å². The van der Waals surface area contributed by atoms with Crippen LogP contribution in [0.1, 0.15) is 12.5 Å². The van der Waals surface area contributed by atoms with Crippen LogP contribution in [0.15, 0.2) is 42.0 Å². The Hall–Kier alpha value is -2.80. The van der Waals surface area contributed by atoms with Gasteiger partial charge in [-0.3, -0.25) is 0 Å².